The number of aryl methyl sites for hydroxylation is 1. The third kappa shape index (κ3) is 3.42. The van der Waals surface area contributed by atoms with Crippen LogP contribution in [-0.4, -0.2) is 18.6 Å². The van der Waals surface area contributed by atoms with Gasteiger partial charge in [0.2, 0.25) is 0 Å². The highest BCUT2D eigenvalue weighted by atomic mass is 32.2. The van der Waals surface area contributed by atoms with E-state index < -0.39 is 9.84 Å². The topological polar surface area (TPSA) is 59.9 Å². The van der Waals surface area contributed by atoms with Gasteiger partial charge in [0.1, 0.15) is 0 Å². The number of hydrogen-bond acceptors (Lipinski definition) is 4. The summed E-state index contributed by atoms with van der Waals surface area (Å²) in [6, 6.07) is 10.5. The van der Waals surface area contributed by atoms with Crippen molar-refractivity contribution in [3.05, 3.63) is 53.3 Å². The van der Waals surface area contributed by atoms with E-state index in [0.29, 0.717) is 16.5 Å². The molecule has 0 saturated heterocycles. The van der Waals surface area contributed by atoms with E-state index in [2.05, 4.69) is 24.0 Å². The van der Waals surface area contributed by atoms with Crippen LogP contribution in [0.15, 0.2) is 41.3 Å². The van der Waals surface area contributed by atoms with Crippen molar-refractivity contribution in [3.63, 3.8) is 0 Å². The minimum Gasteiger partial charge on any atom is -0.223 e. The molecule has 0 radical (unpaired) electrons. The molecule has 106 valence electrons. The van der Waals surface area contributed by atoms with Gasteiger partial charge in [-0.25, -0.2) is 8.42 Å². The Hall–Kier alpha value is -1.75. The number of benzene rings is 1. The zero-order chi connectivity index (χ0) is 14.8. The standard InChI is InChI=1S/C15H18N2O2S/c1-11(2)13-5-8-15(9-6-13)20(18,19)10-14-7-4-12(3)16-17-14/h4-9,11H,10H2,1-3H3. The molecule has 0 spiro atoms. The van der Waals surface area contributed by atoms with Crippen molar-refractivity contribution in [1.82, 2.24) is 10.2 Å². The molecule has 1 aromatic carbocycles. The summed E-state index contributed by atoms with van der Waals surface area (Å²) in [6.07, 6.45) is 0. The number of aromatic nitrogens is 2. The van der Waals surface area contributed by atoms with Crippen LogP contribution in [-0.2, 0) is 15.6 Å². The smallest absolute Gasteiger partial charge is 0.184 e. The molecule has 0 N–H and O–H groups in total. The van der Waals surface area contributed by atoms with E-state index >= 15 is 0 Å². The molecule has 20 heavy (non-hydrogen) atoms. The van der Waals surface area contributed by atoms with Crippen LogP contribution in [0.4, 0.5) is 0 Å². The van der Waals surface area contributed by atoms with Gasteiger partial charge < -0.3 is 0 Å². The molecule has 1 heterocycles. The molecule has 0 aliphatic heterocycles. The monoisotopic (exact) mass is 290 g/mol. The summed E-state index contributed by atoms with van der Waals surface area (Å²) in [6.45, 7) is 5.96. The number of nitrogens with zero attached hydrogens (tertiary/aromatic N) is 2. The molecule has 0 saturated carbocycles. The minimum atomic E-state index is -3.37. The van der Waals surface area contributed by atoms with Crippen LogP contribution in [0.2, 0.25) is 0 Å². The average molecular weight is 290 g/mol. The van der Waals surface area contributed by atoms with Gasteiger partial charge in [-0.3, -0.25) is 0 Å². The van der Waals surface area contributed by atoms with E-state index in [0.717, 1.165) is 11.3 Å². The van der Waals surface area contributed by atoms with Crippen molar-refractivity contribution in [2.24, 2.45) is 0 Å². The van der Waals surface area contributed by atoms with Gasteiger partial charge in [0.15, 0.2) is 9.84 Å². The third-order valence-corrected chi connectivity index (χ3v) is 4.76. The largest absolute Gasteiger partial charge is 0.223 e. The van der Waals surface area contributed by atoms with Crippen LogP contribution in [0.25, 0.3) is 0 Å². The molecule has 0 aliphatic carbocycles. The molecule has 0 fully saturated rings. The Morgan fingerprint density at radius 3 is 2.15 bits per heavy atom. The second-order valence-electron chi connectivity index (χ2n) is 5.15. The lowest BCUT2D eigenvalue weighted by Gasteiger charge is -2.07. The molecule has 0 aliphatic rings. The molecule has 5 heteroatoms. The molecule has 0 bridgehead atoms. The lowest BCUT2D eigenvalue weighted by Crippen LogP contribution is -2.07. The molecular weight excluding hydrogens is 272 g/mol. The van der Waals surface area contributed by atoms with E-state index in [1.165, 1.54) is 0 Å². The maximum absolute atomic E-state index is 12.3. The molecular formula is C15H18N2O2S. The maximum atomic E-state index is 12.3. The highest BCUT2D eigenvalue weighted by molar-refractivity contribution is 7.90. The van der Waals surface area contributed by atoms with Crippen molar-refractivity contribution >= 4 is 9.84 Å². The first kappa shape index (κ1) is 14.7. The average Bonchev–Trinajstić information content (AvgIpc) is 2.41. The van der Waals surface area contributed by atoms with Gasteiger partial charge in [0.05, 0.1) is 22.0 Å². The summed E-state index contributed by atoms with van der Waals surface area (Å²) < 4.78 is 24.6. The van der Waals surface area contributed by atoms with Gasteiger partial charge in [0.25, 0.3) is 0 Å². The van der Waals surface area contributed by atoms with Gasteiger partial charge in [-0.05, 0) is 42.7 Å². The van der Waals surface area contributed by atoms with Crippen molar-refractivity contribution in [1.29, 1.82) is 0 Å². The van der Waals surface area contributed by atoms with Crippen molar-refractivity contribution < 1.29 is 8.42 Å². The van der Waals surface area contributed by atoms with E-state index in [9.17, 15) is 8.42 Å². The fraction of sp³-hybridized carbons (Fsp3) is 0.333. The highest BCUT2D eigenvalue weighted by Gasteiger charge is 2.16. The van der Waals surface area contributed by atoms with E-state index in [1.807, 2.05) is 19.1 Å². The fourth-order valence-corrected chi connectivity index (χ4v) is 3.10. The van der Waals surface area contributed by atoms with Gasteiger partial charge in [0, 0.05) is 0 Å². The highest BCUT2D eigenvalue weighted by Crippen LogP contribution is 2.19. The van der Waals surface area contributed by atoms with Gasteiger partial charge in [-0.2, -0.15) is 10.2 Å². The zero-order valence-electron chi connectivity index (χ0n) is 11.9. The Balaban J connectivity index is 2.23. The Morgan fingerprint density at radius 1 is 1.00 bits per heavy atom. The summed E-state index contributed by atoms with van der Waals surface area (Å²) in [5.41, 5.74) is 2.36. The SMILES string of the molecule is Cc1ccc(CS(=O)(=O)c2ccc(C(C)C)cc2)nn1. The van der Waals surface area contributed by atoms with E-state index in [4.69, 9.17) is 0 Å². The lowest BCUT2D eigenvalue weighted by molar-refractivity contribution is 0.594. The van der Waals surface area contributed by atoms with Crippen molar-refractivity contribution in [3.8, 4) is 0 Å². The summed E-state index contributed by atoms with van der Waals surface area (Å²) in [7, 11) is -3.37. The third-order valence-electron chi connectivity index (χ3n) is 3.10. The second-order valence-corrected chi connectivity index (χ2v) is 7.14. The predicted molar refractivity (Wildman–Crippen MR) is 78.2 cm³/mol. The first-order chi connectivity index (χ1) is 9.38. The maximum Gasteiger partial charge on any atom is 0.184 e. The number of rotatable bonds is 4. The molecule has 0 amide bonds. The molecule has 4 nitrogen and oxygen atoms in total. The van der Waals surface area contributed by atoms with Crippen LogP contribution >= 0.6 is 0 Å². The first-order valence-electron chi connectivity index (χ1n) is 6.50. The van der Waals surface area contributed by atoms with Crippen molar-refractivity contribution in [2.75, 3.05) is 0 Å². The van der Waals surface area contributed by atoms with Crippen LogP contribution in [0.5, 0.6) is 0 Å². The Bertz CT molecular complexity index is 675. The Morgan fingerprint density at radius 2 is 1.65 bits per heavy atom. The molecule has 0 atom stereocenters. The van der Waals surface area contributed by atoms with E-state index in [1.54, 1.807) is 24.3 Å². The first-order valence-corrected chi connectivity index (χ1v) is 8.15. The lowest BCUT2D eigenvalue weighted by atomic mass is 10.0. The van der Waals surface area contributed by atoms with Crippen LogP contribution in [0, 0.1) is 6.92 Å². The zero-order valence-corrected chi connectivity index (χ0v) is 12.7. The Labute approximate surface area is 119 Å². The summed E-state index contributed by atoms with van der Waals surface area (Å²) in [4.78, 5) is 0.323. The molecule has 1 aromatic heterocycles. The van der Waals surface area contributed by atoms with Gasteiger partial charge in [-0.15, -0.1) is 0 Å². The molecule has 2 aromatic rings. The normalized spacial score (nSPS) is 11.8. The minimum absolute atomic E-state index is 0.124. The second kappa shape index (κ2) is 5.71. The Kier molecular flexibility index (Phi) is 4.18. The number of sulfone groups is 1. The summed E-state index contributed by atoms with van der Waals surface area (Å²) in [5.74, 6) is 0.260. The van der Waals surface area contributed by atoms with Crippen LogP contribution in [0.1, 0.15) is 36.7 Å². The van der Waals surface area contributed by atoms with Gasteiger partial charge in [-0.1, -0.05) is 26.0 Å². The van der Waals surface area contributed by atoms with E-state index in [-0.39, 0.29) is 5.75 Å². The fourth-order valence-electron chi connectivity index (χ4n) is 1.84. The van der Waals surface area contributed by atoms with Gasteiger partial charge >= 0.3 is 0 Å². The molecule has 2 rings (SSSR count). The van der Waals surface area contributed by atoms with Crippen LogP contribution < -0.4 is 0 Å². The quantitative estimate of drug-likeness (QED) is 0.868. The van der Waals surface area contributed by atoms with Crippen LogP contribution in [0.3, 0.4) is 0 Å². The number of hydrogen-bond donors (Lipinski definition) is 0. The molecule has 0 unspecified atom stereocenters. The van der Waals surface area contributed by atoms with Crippen molar-refractivity contribution in [2.45, 2.75) is 37.3 Å². The summed E-state index contributed by atoms with van der Waals surface area (Å²) >= 11 is 0. The predicted octanol–water partition coefficient (Wildman–Crippen LogP) is 2.88. The summed E-state index contributed by atoms with van der Waals surface area (Å²) in [5, 5.41) is 7.79.